The van der Waals surface area contributed by atoms with E-state index in [2.05, 4.69) is 5.43 Å². The summed E-state index contributed by atoms with van der Waals surface area (Å²) in [6, 6.07) is 6.15. The summed E-state index contributed by atoms with van der Waals surface area (Å²) in [6.07, 6.45) is 0. The number of sulfonamides is 1. The summed E-state index contributed by atoms with van der Waals surface area (Å²) in [6.45, 7) is 3.34. The number of aliphatic hydroxyl groups is 1. The lowest BCUT2D eigenvalue weighted by molar-refractivity contribution is 0.236. The Bertz CT molecular complexity index is 488. The Hall–Kier alpha value is -1.15. The summed E-state index contributed by atoms with van der Waals surface area (Å²) in [5, 5.41) is 8.98. The van der Waals surface area contributed by atoms with Crippen LogP contribution in [0.4, 0.5) is 5.69 Å². The molecule has 0 aliphatic rings. The first-order chi connectivity index (χ1) is 8.45. The zero-order chi connectivity index (χ0) is 13.8. The van der Waals surface area contributed by atoms with Gasteiger partial charge in [-0.3, -0.25) is 5.84 Å². The van der Waals surface area contributed by atoms with E-state index in [0.717, 1.165) is 0 Å². The van der Waals surface area contributed by atoms with Crippen LogP contribution in [-0.4, -0.2) is 37.0 Å². The van der Waals surface area contributed by atoms with Gasteiger partial charge in [0.15, 0.2) is 0 Å². The molecular formula is C11H19N3O3S. The standard InChI is InChI=1S/C11H19N3O3S/c1-9(2)14(7-8-15)18(16,17)11-6-4-3-5-10(11)13-12/h3-6,9,13,15H,7-8,12H2,1-2H3. The molecule has 4 N–H and O–H groups in total. The van der Waals surface area contributed by atoms with E-state index < -0.39 is 10.0 Å². The van der Waals surface area contributed by atoms with Crippen molar-refractivity contribution in [1.29, 1.82) is 0 Å². The van der Waals surface area contributed by atoms with Gasteiger partial charge in [0.2, 0.25) is 10.0 Å². The number of benzene rings is 1. The van der Waals surface area contributed by atoms with Gasteiger partial charge >= 0.3 is 0 Å². The quantitative estimate of drug-likeness (QED) is 0.514. The molecule has 0 saturated heterocycles. The number of rotatable bonds is 6. The predicted molar refractivity (Wildman–Crippen MR) is 70.4 cm³/mol. The second-order valence-corrected chi connectivity index (χ2v) is 5.93. The number of nitrogens with zero attached hydrogens (tertiary/aromatic N) is 1. The lowest BCUT2D eigenvalue weighted by Crippen LogP contribution is -2.39. The molecule has 0 fully saturated rings. The van der Waals surface area contributed by atoms with Crippen LogP contribution < -0.4 is 11.3 Å². The first-order valence-electron chi connectivity index (χ1n) is 5.63. The molecule has 0 atom stereocenters. The van der Waals surface area contributed by atoms with E-state index in [9.17, 15) is 8.42 Å². The molecule has 0 aromatic heterocycles. The zero-order valence-electron chi connectivity index (χ0n) is 10.5. The van der Waals surface area contributed by atoms with Gasteiger partial charge in [-0.2, -0.15) is 4.31 Å². The van der Waals surface area contributed by atoms with Crippen LogP contribution in [0.2, 0.25) is 0 Å². The van der Waals surface area contributed by atoms with Crippen molar-refractivity contribution in [2.24, 2.45) is 5.84 Å². The number of para-hydroxylation sites is 1. The maximum Gasteiger partial charge on any atom is 0.245 e. The molecule has 0 heterocycles. The fraction of sp³-hybridized carbons (Fsp3) is 0.455. The summed E-state index contributed by atoms with van der Waals surface area (Å²) in [4.78, 5) is 0.106. The molecule has 1 rings (SSSR count). The molecule has 0 radical (unpaired) electrons. The van der Waals surface area contributed by atoms with E-state index in [1.54, 1.807) is 32.0 Å². The highest BCUT2D eigenvalue weighted by atomic mass is 32.2. The maximum absolute atomic E-state index is 12.5. The summed E-state index contributed by atoms with van der Waals surface area (Å²) < 4.78 is 26.2. The van der Waals surface area contributed by atoms with Crippen LogP contribution in [0, 0.1) is 0 Å². The number of nitrogen functional groups attached to an aromatic ring is 1. The van der Waals surface area contributed by atoms with Crippen molar-refractivity contribution in [2.45, 2.75) is 24.8 Å². The van der Waals surface area contributed by atoms with Gasteiger partial charge in [-0.25, -0.2) is 8.42 Å². The molecule has 1 aromatic carbocycles. The van der Waals surface area contributed by atoms with E-state index in [4.69, 9.17) is 10.9 Å². The van der Waals surface area contributed by atoms with E-state index in [1.807, 2.05) is 0 Å². The molecule has 102 valence electrons. The Morgan fingerprint density at radius 3 is 2.50 bits per heavy atom. The van der Waals surface area contributed by atoms with Crippen molar-refractivity contribution >= 4 is 15.7 Å². The Kier molecular flexibility index (Phi) is 5.09. The fourth-order valence-electron chi connectivity index (χ4n) is 1.69. The number of hydrazine groups is 1. The number of nitrogens with two attached hydrogens (primary N) is 1. The smallest absolute Gasteiger partial charge is 0.245 e. The number of anilines is 1. The number of hydrogen-bond donors (Lipinski definition) is 3. The molecule has 0 bridgehead atoms. The molecule has 0 saturated carbocycles. The molecule has 6 nitrogen and oxygen atoms in total. The average Bonchev–Trinajstić information content (AvgIpc) is 2.35. The summed E-state index contributed by atoms with van der Waals surface area (Å²) in [7, 11) is -3.67. The molecule has 0 aliphatic heterocycles. The van der Waals surface area contributed by atoms with E-state index in [-0.39, 0.29) is 24.1 Å². The highest BCUT2D eigenvalue weighted by Crippen LogP contribution is 2.24. The van der Waals surface area contributed by atoms with Crippen molar-refractivity contribution in [2.75, 3.05) is 18.6 Å². The maximum atomic E-state index is 12.5. The lowest BCUT2D eigenvalue weighted by Gasteiger charge is -2.26. The second-order valence-electron chi connectivity index (χ2n) is 4.07. The van der Waals surface area contributed by atoms with Gasteiger partial charge in [-0.05, 0) is 26.0 Å². The van der Waals surface area contributed by atoms with Crippen molar-refractivity contribution in [1.82, 2.24) is 4.31 Å². The van der Waals surface area contributed by atoms with Crippen LogP contribution >= 0.6 is 0 Å². The fourth-order valence-corrected chi connectivity index (χ4v) is 3.48. The van der Waals surface area contributed by atoms with E-state index in [0.29, 0.717) is 5.69 Å². The second kappa shape index (κ2) is 6.14. The Labute approximate surface area is 107 Å². The third-order valence-corrected chi connectivity index (χ3v) is 4.66. The normalized spacial score (nSPS) is 12.1. The van der Waals surface area contributed by atoms with Crippen molar-refractivity contribution in [3.8, 4) is 0 Å². The largest absolute Gasteiger partial charge is 0.395 e. The molecule has 7 heteroatoms. The van der Waals surface area contributed by atoms with Crippen LogP contribution in [-0.2, 0) is 10.0 Å². The average molecular weight is 273 g/mol. The van der Waals surface area contributed by atoms with Crippen LogP contribution in [0.1, 0.15) is 13.8 Å². The van der Waals surface area contributed by atoms with Gasteiger partial charge < -0.3 is 10.5 Å². The predicted octanol–water partition coefficient (Wildman–Crippen LogP) is 0.364. The van der Waals surface area contributed by atoms with Crippen LogP contribution in [0.3, 0.4) is 0 Å². The van der Waals surface area contributed by atoms with E-state index >= 15 is 0 Å². The van der Waals surface area contributed by atoms with Gasteiger partial charge in [0, 0.05) is 12.6 Å². The van der Waals surface area contributed by atoms with Crippen molar-refractivity contribution in [3.05, 3.63) is 24.3 Å². The topological polar surface area (TPSA) is 95.7 Å². The number of nitrogens with one attached hydrogen (secondary N) is 1. The third kappa shape index (κ3) is 2.99. The molecule has 0 spiro atoms. The van der Waals surface area contributed by atoms with Crippen LogP contribution in [0.5, 0.6) is 0 Å². The van der Waals surface area contributed by atoms with E-state index in [1.165, 1.54) is 10.4 Å². The van der Waals surface area contributed by atoms with Crippen molar-refractivity contribution < 1.29 is 13.5 Å². The van der Waals surface area contributed by atoms with Gasteiger partial charge in [-0.15, -0.1) is 0 Å². The minimum Gasteiger partial charge on any atom is -0.395 e. The molecule has 18 heavy (non-hydrogen) atoms. The first-order valence-corrected chi connectivity index (χ1v) is 7.07. The molecule has 0 aliphatic carbocycles. The van der Waals surface area contributed by atoms with Crippen LogP contribution in [0.15, 0.2) is 29.2 Å². The first kappa shape index (κ1) is 14.9. The van der Waals surface area contributed by atoms with Crippen LogP contribution in [0.25, 0.3) is 0 Å². The van der Waals surface area contributed by atoms with Gasteiger partial charge in [0.05, 0.1) is 12.3 Å². The Balaban J connectivity index is 3.26. The zero-order valence-corrected chi connectivity index (χ0v) is 11.3. The third-order valence-electron chi connectivity index (χ3n) is 2.53. The Morgan fingerprint density at radius 2 is 2.00 bits per heavy atom. The lowest BCUT2D eigenvalue weighted by atomic mass is 10.3. The Morgan fingerprint density at radius 1 is 1.39 bits per heavy atom. The highest BCUT2D eigenvalue weighted by Gasteiger charge is 2.28. The van der Waals surface area contributed by atoms with Gasteiger partial charge in [0.25, 0.3) is 0 Å². The highest BCUT2D eigenvalue weighted by molar-refractivity contribution is 7.89. The minimum atomic E-state index is -3.67. The van der Waals surface area contributed by atoms with Gasteiger partial charge in [0.1, 0.15) is 4.90 Å². The minimum absolute atomic E-state index is 0.0545. The molecular weight excluding hydrogens is 254 g/mol. The monoisotopic (exact) mass is 273 g/mol. The SMILES string of the molecule is CC(C)N(CCO)S(=O)(=O)c1ccccc1NN. The summed E-state index contributed by atoms with van der Waals surface area (Å²) >= 11 is 0. The number of hydrogen-bond acceptors (Lipinski definition) is 5. The van der Waals surface area contributed by atoms with Crippen molar-refractivity contribution in [3.63, 3.8) is 0 Å². The number of aliphatic hydroxyl groups excluding tert-OH is 1. The molecule has 0 unspecified atom stereocenters. The summed E-state index contributed by atoms with van der Waals surface area (Å²) in [5.74, 6) is 5.32. The molecule has 1 aromatic rings. The summed E-state index contributed by atoms with van der Waals surface area (Å²) in [5.41, 5.74) is 2.70. The molecule has 0 amide bonds. The van der Waals surface area contributed by atoms with Gasteiger partial charge in [-0.1, -0.05) is 12.1 Å².